The first-order valence-corrected chi connectivity index (χ1v) is 7.68. The van der Waals surface area contributed by atoms with E-state index < -0.39 is 0 Å². The van der Waals surface area contributed by atoms with E-state index in [1.54, 1.807) is 12.1 Å². The molecule has 2 atom stereocenters. The van der Waals surface area contributed by atoms with Crippen molar-refractivity contribution in [1.29, 1.82) is 0 Å². The Morgan fingerprint density at radius 2 is 2.15 bits per heavy atom. The molecule has 4 bridgehead atoms. The molecule has 0 aromatic carbocycles. The summed E-state index contributed by atoms with van der Waals surface area (Å²) in [5, 5.41) is 10.9. The maximum Gasteiger partial charge on any atom is 0.324 e. The molecule has 0 N–H and O–H groups in total. The van der Waals surface area contributed by atoms with Crippen LogP contribution in [0.2, 0.25) is 0 Å². The van der Waals surface area contributed by atoms with Crippen LogP contribution in [0.15, 0.2) is 17.1 Å². The van der Waals surface area contributed by atoms with Gasteiger partial charge in [-0.05, 0) is 18.4 Å². The molecule has 0 aliphatic carbocycles. The van der Waals surface area contributed by atoms with Crippen LogP contribution in [0.1, 0.15) is 11.3 Å². The minimum Gasteiger partial charge on any atom is -0.288 e. The van der Waals surface area contributed by atoms with Gasteiger partial charge in [-0.2, -0.15) is 0 Å². The van der Waals surface area contributed by atoms with E-state index in [2.05, 4.69) is 9.80 Å². The Morgan fingerprint density at radius 1 is 1.40 bits per heavy atom. The number of hydrogen-bond acceptors (Lipinski definition) is 6. The van der Waals surface area contributed by atoms with Gasteiger partial charge in [0.1, 0.15) is 0 Å². The average molecular weight is 292 g/mol. The summed E-state index contributed by atoms with van der Waals surface area (Å²) in [7, 11) is 0. The molecule has 7 heteroatoms. The Balaban J connectivity index is 1.55. The molecule has 6 nitrogen and oxygen atoms in total. The van der Waals surface area contributed by atoms with Crippen LogP contribution in [0.25, 0.3) is 0 Å². The van der Waals surface area contributed by atoms with Crippen LogP contribution in [0.5, 0.6) is 0 Å². The molecule has 1 aromatic rings. The number of hydrogen-bond donors (Lipinski definition) is 0. The number of nitro groups is 1. The maximum absolute atomic E-state index is 10.7. The largest absolute Gasteiger partial charge is 0.324 e. The quantitative estimate of drug-likeness (QED) is 0.480. The minimum atomic E-state index is -0.343. The molecule has 1 aromatic heterocycles. The van der Waals surface area contributed by atoms with Crippen LogP contribution in [-0.4, -0.2) is 59.3 Å². The first kappa shape index (κ1) is 12.4. The van der Waals surface area contributed by atoms with Gasteiger partial charge in [-0.1, -0.05) is 11.3 Å². The fourth-order valence-electron chi connectivity index (χ4n) is 3.94. The predicted octanol–water partition coefficient (Wildman–Crippen LogP) is 1.42. The molecule has 0 radical (unpaired) electrons. The Hall–Kier alpha value is -1.31. The zero-order chi connectivity index (χ0) is 13.7. The molecule has 0 amide bonds. The second-order valence-corrected chi connectivity index (χ2v) is 7.24. The minimum absolute atomic E-state index is 0.0121. The third kappa shape index (κ3) is 2.06. The maximum atomic E-state index is 10.7. The van der Waals surface area contributed by atoms with Gasteiger partial charge >= 0.3 is 5.00 Å². The summed E-state index contributed by atoms with van der Waals surface area (Å²) in [5.74, 6) is 0.737. The van der Waals surface area contributed by atoms with Gasteiger partial charge in [0.15, 0.2) is 0 Å². The highest BCUT2D eigenvalue weighted by Gasteiger charge is 2.49. The Morgan fingerprint density at radius 3 is 2.75 bits per heavy atom. The lowest BCUT2D eigenvalue weighted by atomic mass is 9.77. The zero-order valence-corrected chi connectivity index (χ0v) is 11.9. The fraction of sp³-hybridized carbons (Fsp3) is 0.615. The predicted molar refractivity (Wildman–Crippen MR) is 77.4 cm³/mol. The van der Waals surface area contributed by atoms with Crippen LogP contribution in [0.3, 0.4) is 0 Å². The highest BCUT2D eigenvalue weighted by atomic mass is 32.1. The van der Waals surface area contributed by atoms with E-state index in [9.17, 15) is 10.1 Å². The molecule has 4 aliphatic rings. The monoisotopic (exact) mass is 292 g/mol. The van der Waals surface area contributed by atoms with Gasteiger partial charge in [-0.3, -0.25) is 24.9 Å². The molecule has 5 rings (SSSR count). The van der Waals surface area contributed by atoms with Crippen molar-refractivity contribution < 1.29 is 4.92 Å². The average Bonchev–Trinajstić information content (AvgIpc) is 2.84. The van der Waals surface area contributed by atoms with Crippen molar-refractivity contribution in [3.8, 4) is 0 Å². The summed E-state index contributed by atoms with van der Waals surface area (Å²) in [5.41, 5.74) is 0.0121. The molecule has 4 saturated heterocycles. The van der Waals surface area contributed by atoms with E-state index >= 15 is 0 Å². The highest BCUT2D eigenvalue weighted by molar-refractivity contribution is 7.16. The van der Waals surface area contributed by atoms with E-state index in [1.165, 1.54) is 24.4 Å². The molecule has 0 saturated carbocycles. The lowest BCUT2D eigenvalue weighted by Crippen LogP contribution is -2.69. The van der Waals surface area contributed by atoms with Gasteiger partial charge in [0.2, 0.25) is 0 Å². The van der Waals surface area contributed by atoms with Gasteiger partial charge < -0.3 is 0 Å². The van der Waals surface area contributed by atoms with Crippen molar-refractivity contribution >= 4 is 22.6 Å². The number of aliphatic imine (C=N–C) groups is 1. The summed E-state index contributed by atoms with van der Waals surface area (Å²) in [4.78, 5) is 21.0. The number of piperidine rings is 2. The Kier molecular flexibility index (Phi) is 2.70. The van der Waals surface area contributed by atoms with Crippen molar-refractivity contribution in [2.75, 3.05) is 32.8 Å². The van der Waals surface area contributed by atoms with Crippen LogP contribution < -0.4 is 0 Å². The molecule has 5 heterocycles. The lowest BCUT2D eigenvalue weighted by molar-refractivity contribution is -0.380. The third-order valence-electron chi connectivity index (χ3n) is 4.40. The molecule has 106 valence electrons. The summed E-state index contributed by atoms with van der Waals surface area (Å²) in [6, 6.07) is 3.34. The normalized spacial score (nSPS) is 38.7. The summed E-state index contributed by atoms with van der Waals surface area (Å²) in [6.07, 6.45) is 3.00. The van der Waals surface area contributed by atoms with Gasteiger partial charge in [0.05, 0.1) is 22.0 Å². The van der Waals surface area contributed by atoms with Crippen molar-refractivity contribution in [3.05, 3.63) is 27.1 Å². The summed E-state index contributed by atoms with van der Waals surface area (Å²) >= 11 is 1.19. The van der Waals surface area contributed by atoms with Crippen molar-refractivity contribution in [2.24, 2.45) is 10.9 Å². The first-order valence-electron chi connectivity index (χ1n) is 6.86. The van der Waals surface area contributed by atoms with E-state index in [4.69, 9.17) is 4.99 Å². The van der Waals surface area contributed by atoms with Gasteiger partial charge in [0.25, 0.3) is 0 Å². The third-order valence-corrected chi connectivity index (χ3v) is 5.37. The molecule has 20 heavy (non-hydrogen) atoms. The Bertz CT molecular complexity index is 547. The van der Waals surface area contributed by atoms with E-state index in [1.807, 2.05) is 6.21 Å². The van der Waals surface area contributed by atoms with Crippen LogP contribution in [0.4, 0.5) is 5.00 Å². The topological polar surface area (TPSA) is 62.0 Å². The number of rotatable bonds is 3. The van der Waals surface area contributed by atoms with Gasteiger partial charge in [-0.15, -0.1) is 0 Å². The van der Waals surface area contributed by atoms with Crippen LogP contribution >= 0.6 is 11.3 Å². The smallest absolute Gasteiger partial charge is 0.288 e. The van der Waals surface area contributed by atoms with E-state index in [-0.39, 0.29) is 15.5 Å². The summed E-state index contributed by atoms with van der Waals surface area (Å²) < 4.78 is 0. The first-order chi connectivity index (χ1) is 9.62. The van der Waals surface area contributed by atoms with Crippen molar-refractivity contribution in [1.82, 2.24) is 9.80 Å². The molecule has 0 spiro atoms. The number of nitrogens with zero attached hydrogens (tertiary/aromatic N) is 4. The van der Waals surface area contributed by atoms with Gasteiger partial charge in [-0.25, -0.2) is 0 Å². The van der Waals surface area contributed by atoms with E-state index in [0.29, 0.717) is 0 Å². The SMILES string of the molecule is O=[N+]([O-])c1ccc(C=NC23CC4CN(CN(C4)C2)C3)s1. The van der Waals surface area contributed by atoms with Crippen molar-refractivity contribution in [2.45, 2.75) is 12.0 Å². The molecular formula is C13H16N4O2S. The highest BCUT2D eigenvalue weighted by Crippen LogP contribution is 2.39. The Labute approximate surface area is 120 Å². The van der Waals surface area contributed by atoms with E-state index in [0.717, 1.165) is 37.0 Å². The van der Waals surface area contributed by atoms with Gasteiger partial charge in [0, 0.05) is 38.5 Å². The van der Waals surface area contributed by atoms with Crippen LogP contribution in [-0.2, 0) is 0 Å². The molecule has 4 fully saturated rings. The lowest BCUT2D eigenvalue weighted by Gasteiger charge is -2.57. The number of thiophene rings is 1. The van der Waals surface area contributed by atoms with Crippen LogP contribution in [0, 0.1) is 16.0 Å². The second-order valence-electron chi connectivity index (χ2n) is 6.15. The zero-order valence-electron chi connectivity index (χ0n) is 11.1. The molecular weight excluding hydrogens is 276 g/mol. The standard InChI is InChI=1S/C13H16N4O2S/c18-17(19)12-2-1-11(20-12)4-14-13-3-10-5-15(7-13)9-16(6-10)8-13/h1-2,4,10H,3,5-9H2. The molecule has 4 aliphatic heterocycles. The fourth-order valence-corrected chi connectivity index (χ4v) is 4.63. The summed E-state index contributed by atoms with van der Waals surface area (Å²) in [6.45, 7) is 5.56. The molecule has 2 unspecified atom stereocenters. The second kappa shape index (κ2) is 4.34. The van der Waals surface area contributed by atoms with Crippen molar-refractivity contribution in [3.63, 3.8) is 0 Å².